The van der Waals surface area contributed by atoms with E-state index in [1.807, 2.05) is 13.8 Å². The predicted molar refractivity (Wildman–Crippen MR) is 66.5 cm³/mol. The third-order valence-electron chi connectivity index (χ3n) is 2.48. The van der Waals surface area contributed by atoms with Gasteiger partial charge in [-0.1, -0.05) is 19.1 Å². The molecular formula is C12H18F3N3O3. The summed E-state index contributed by atoms with van der Waals surface area (Å²) in [6.07, 6.45) is -4.24. The van der Waals surface area contributed by atoms with E-state index in [1.54, 1.807) is 6.92 Å². The number of ether oxygens (including phenoxy) is 2. The molecule has 0 saturated heterocycles. The van der Waals surface area contributed by atoms with Gasteiger partial charge in [0.15, 0.2) is 5.69 Å². The van der Waals surface area contributed by atoms with Crippen LogP contribution in [0.15, 0.2) is 0 Å². The molecule has 0 radical (unpaired) electrons. The Morgan fingerprint density at radius 3 is 2.57 bits per heavy atom. The van der Waals surface area contributed by atoms with Gasteiger partial charge in [0, 0.05) is 0 Å². The van der Waals surface area contributed by atoms with Gasteiger partial charge in [-0.15, -0.1) is 18.3 Å². The van der Waals surface area contributed by atoms with E-state index in [0.717, 1.165) is 0 Å². The third-order valence-corrected chi connectivity index (χ3v) is 2.48. The number of hydrogen-bond donors (Lipinski definition) is 0. The molecule has 1 heterocycles. The summed E-state index contributed by atoms with van der Waals surface area (Å²) in [5.41, 5.74) is 0.492. The van der Waals surface area contributed by atoms with Gasteiger partial charge in [0.1, 0.15) is 0 Å². The molecular weight excluding hydrogens is 291 g/mol. The van der Waals surface area contributed by atoms with Gasteiger partial charge in [-0.25, -0.2) is 9.48 Å². The first-order valence-electron chi connectivity index (χ1n) is 6.54. The van der Waals surface area contributed by atoms with Gasteiger partial charge in [0.25, 0.3) is 0 Å². The maximum Gasteiger partial charge on any atom is 0.522 e. The first-order chi connectivity index (χ1) is 9.74. The zero-order valence-electron chi connectivity index (χ0n) is 12.1. The number of halogens is 3. The van der Waals surface area contributed by atoms with Crippen LogP contribution in [-0.2, 0) is 22.4 Å². The molecule has 0 aliphatic heterocycles. The lowest BCUT2D eigenvalue weighted by Gasteiger charge is -2.11. The summed E-state index contributed by atoms with van der Waals surface area (Å²) in [4.78, 5) is 11.7. The van der Waals surface area contributed by atoms with E-state index >= 15 is 0 Å². The normalized spacial score (nSPS) is 12.0. The second-order valence-electron chi connectivity index (χ2n) is 4.72. The van der Waals surface area contributed by atoms with Gasteiger partial charge in [0.05, 0.1) is 25.5 Å². The smallest absolute Gasteiger partial charge is 0.461 e. The second-order valence-corrected chi connectivity index (χ2v) is 4.72. The number of esters is 1. The monoisotopic (exact) mass is 309 g/mol. The molecule has 9 heteroatoms. The van der Waals surface area contributed by atoms with Gasteiger partial charge in [-0.2, -0.15) is 0 Å². The van der Waals surface area contributed by atoms with Gasteiger partial charge in [-0.05, 0) is 19.3 Å². The molecule has 0 N–H and O–H groups in total. The van der Waals surface area contributed by atoms with Crippen LogP contribution in [0.25, 0.3) is 0 Å². The first-order valence-corrected chi connectivity index (χ1v) is 6.54. The number of carbonyl (C=O) groups excluding carboxylic acids is 1. The average molecular weight is 309 g/mol. The molecule has 6 nitrogen and oxygen atoms in total. The zero-order valence-corrected chi connectivity index (χ0v) is 12.1. The number of aromatic nitrogens is 3. The molecule has 0 aromatic carbocycles. The van der Waals surface area contributed by atoms with Crippen LogP contribution in [-0.4, -0.2) is 40.5 Å². The van der Waals surface area contributed by atoms with Crippen LogP contribution >= 0.6 is 0 Å². The fourth-order valence-corrected chi connectivity index (χ4v) is 1.71. The van der Waals surface area contributed by atoms with Crippen LogP contribution in [0.1, 0.15) is 37.0 Å². The summed E-state index contributed by atoms with van der Waals surface area (Å²) in [5.74, 6) is -0.449. The lowest BCUT2D eigenvalue weighted by atomic mass is 10.1. The minimum atomic E-state index is -4.69. The fraction of sp³-hybridized carbons (Fsp3) is 0.750. The van der Waals surface area contributed by atoms with Crippen molar-refractivity contribution in [2.24, 2.45) is 5.92 Å². The number of rotatable bonds is 7. The van der Waals surface area contributed by atoms with Gasteiger partial charge >= 0.3 is 12.3 Å². The molecule has 0 spiro atoms. The van der Waals surface area contributed by atoms with Crippen molar-refractivity contribution in [3.05, 3.63) is 11.4 Å². The molecule has 0 atom stereocenters. The van der Waals surface area contributed by atoms with Crippen molar-refractivity contribution in [1.82, 2.24) is 15.0 Å². The summed E-state index contributed by atoms with van der Waals surface area (Å²) >= 11 is 0. The molecule has 0 amide bonds. The van der Waals surface area contributed by atoms with Crippen molar-refractivity contribution in [3.63, 3.8) is 0 Å². The van der Waals surface area contributed by atoms with Crippen molar-refractivity contribution in [3.8, 4) is 0 Å². The Kier molecular flexibility index (Phi) is 6.13. The third kappa shape index (κ3) is 5.70. The lowest BCUT2D eigenvalue weighted by molar-refractivity contribution is -0.325. The summed E-state index contributed by atoms with van der Waals surface area (Å²) in [6.45, 7) is 4.93. The Labute approximate surface area is 120 Å². The van der Waals surface area contributed by atoms with E-state index in [9.17, 15) is 18.0 Å². The molecule has 0 fully saturated rings. The van der Waals surface area contributed by atoms with E-state index in [1.165, 1.54) is 4.68 Å². The quantitative estimate of drug-likeness (QED) is 0.722. The molecule has 21 heavy (non-hydrogen) atoms. The lowest BCUT2D eigenvalue weighted by Crippen LogP contribution is -2.20. The highest BCUT2D eigenvalue weighted by Gasteiger charge is 2.29. The Hall–Kier alpha value is -1.64. The van der Waals surface area contributed by atoms with Crippen molar-refractivity contribution in [2.45, 2.75) is 40.1 Å². The topological polar surface area (TPSA) is 66.2 Å². The highest BCUT2D eigenvalue weighted by Crippen LogP contribution is 2.17. The standard InChI is InChI=1S/C12H18F3N3O3/c1-4-20-11(19)10-9(7-8(2)3)18(17-16-10)5-6-21-12(13,14)15/h8H,4-7H2,1-3H3. The molecule has 0 aliphatic carbocycles. The highest BCUT2D eigenvalue weighted by atomic mass is 19.4. The molecule has 1 aromatic heterocycles. The van der Waals surface area contributed by atoms with Crippen molar-refractivity contribution < 1.29 is 27.4 Å². The molecule has 0 aliphatic rings. The Balaban J connectivity index is 2.85. The molecule has 1 rings (SSSR count). The highest BCUT2D eigenvalue weighted by molar-refractivity contribution is 5.88. The van der Waals surface area contributed by atoms with Crippen LogP contribution < -0.4 is 0 Å². The van der Waals surface area contributed by atoms with Crippen molar-refractivity contribution >= 4 is 5.97 Å². The van der Waals surface area contributed by atoms with Crippen molar-refractivity contribution in [1.29, 1.82) is 0 Å². The van der Waals surface area contributed by atoms with Crippen LogP contribution in [0, 0.1) is 5.92 Å². The minimum Gasteiger partial charge on any atom is -0.461 e. The first kappa shape index (κ1) is 17.4. The van der Waals surface area contributed by atoms with E-state index in [4.69, 9.17) is 4.74 Å². The maximum atomic E-state index is 12.0. The van der Waals surface area contributed by atoms with E-state index in [-0.39, 0.29) is 24.8 Å². The number of alkyl halides is 3. The van der Waals surface area contributed by atoms with Crippen LogP contribution in [0.3, 0.4) is 0 Å². The minimum absolute atomic E-state index is 0.0394. The van der Waals surface area contributed by atoms with Crippen molar-refractivity contribution in [2.75, 3.05) is 13.2 Å². The molecule has 0 unspecified atom stereocenters. The summed E-state index contributed by atoms with van der Waals surface area (Å²) in [7, 11) is 0. The van der Waals surface area contributed by atoms with Gasteiger partial charge < -0.3 is 4.74 Å². The molecule has 0 saturated carbocycles. The fourth-order valence-electron chi connectivity index (χ4n) is 1.71. The Bertz CT molecular complexity index is 472. The SMILES string of the molecule is CCOC(=O)c1nnn(CCOC(F)(F)F)c1CC(C)C. The second kappa shape index (κ2) is 7.39. The molecule has 1 aromatic rings. The number of hydrogen-bond acceptors (Lipinski definition) is 5. The summed E-state index contributed by atoms with van der Waals surface area (Å²) in [5, 5.41) is 7.42. The molecule has 120 valence electrons. The Morgan fingerprint density at radius 1 is 1.38 bits per heavy atom. The largest absolute Gasteiger partial charge is 0.522 e. The van der Waals surface area contributed by atoms with Gasteiger partial charge in [0.2, 0.25) is 0 Å². The van der Waals surface area contributed by atoms with Crippen LogP contribution in [0.5, 0.6) is 0 Å². The van der Waals surface area contributed by atoms with E-state index in [2.05, 4.69) is 15.0 Å². The van der Waals surface area contributed by atoms with Gasteiger partial charge in [-0.3, -0.25) is 4.74 Å². The molecule has 0 bridgehead atoms. The summed E-state index contributed by atoms with van der Waals surface area (Å²) in [6, 6.07) is 0. The summed E-state index contributed by atoms with van der Waals surface area (Å²) < 4.78 is 45.7. The average Bonchev–Trinajstić information content (AvgIpc) is 2.70. The Morgan fingerprint density at radius 2 is 2.05 bits per heavy atom. The van der Waals surface area contributed by atoms with Crippen LogP contribution in [0.4, 0.5) is 13.2 Å². The number of carbonyl (C=O) groups is 1. The zero-order chi connectivity index (χ0) is 16.0. The van der Waals surface area contributed by atoms with E-state index in [0.29, 0.717) is 12.1 Å². The number of nitrogens with zero attached hydrogens (tertiary/aromatic N) is 3. The predicted octanol–water partition coefficient (Wildman–Crippen LogP) is 2.19. The van der Waals surface area contributed by atoms with E-state index < -0.39 is 18.9 Å². The van der Waals surface area contributed by atoms with Crippen LogP contribution in [0.2, 0.25) is 0 Å². The maximum absolute atomic E-state index is 12.0.